The van der Waals surface area contributed by atoms with Gasteiger partial charge in [0.05, 0.1) is 22.8 Å². The number of hydrogen-bond acceptors (Lipinski definition) is 5. The number of aromatic nitrogens is 2. The molecule has 0 amide bonds. The lowest BCUT2D eigenvalue weighted by Gasteiger charge is -2.60. The van der Waals surface area contributed by atoms with E-state index in [0.717, 1.165) is 58.3 Å². The van der Waals surface area contributed by atoms with Crippen LogP contribution in [0, 0.1) is 17.3 Å². The zero-order valence-corrected chi connectivity index (χ0v) is 19.4. The predicted octanol–water partition coefficient (Wildman–Crippen LogP) is 3.60. The van der Waals surface area contributed by atoms with Crippen LogP contribution in [-0.2, 0) is 10.3 Å². The lowest BCUT2D eigenvalue weighted by Crippen LogP contribution is -2.61. The number of nitrogens with zero attached hydrogens (tertiary/aromatic N) is 4. The standard InChI is InChI=1S/C25H29ClN4O3/c26-21-20(29-8-6-28(7-9-29)19-4-2-1-3-5-19)15-27-30(22(21)31)25-13-17-10-18(14-25)12-24(11-17,16-25)23(32)33/h1-5,15,17-18H,6-14,16H2,(H,32,33)/t17-,18-,24?,25?/m0/s1. The second kappa shape index (κ2) is 7.49. The van der Waals surface area contributed by atoms with E-state index in [0.29, 0.717) is 23.9 Å². The fourth-order valence-electron chi connectivity index (χ4n) is 7.54. The third-order valence-corrected chi connectivity index (χ3v) is 8.93. The van der Waals surface area contributed by atoms with Gasteiger partial charge in [-0.05, 0) is 62.5 Å². The van der Waals surface area contributed by atoms with Crippen molar-refractivity contribution in [3.05, 3.63) is 51.9 Å². The molecule has 1 saturated heterocycles. The highest BCUT2D eigenvalue weighted by atomic mass is 35.5. The number of piperazine rings is 1. The SMILES string of the molecule is O=C(O)C12C[C@@H]3C[C@@H](C1)CC(n1ncc(N4CCN(c5ccccc5)CC4)c(Cl)c1=O)(C3)C2. The first-order valence-electron chi connectivity index (χ1n) is 12.0. The molecule has 2 aromatic rings. The van der Waals surface area contributed by atoms with Crippen LogP contribution >= 0.6 is 11.6 Å². The number of hydrogen-bond donors (Lipinski definition) is 1. The fraction of sp³-hybridized carbons (Fsp3) is 0.560. The number of benzene rings is 1. The van der Waals surface area contributed by atoms with Gasteiger partial charge in [0.2, 0.25) is 0 Å². The van der Waals surface area contributed by atoms with Crippen molar-refractivity contribution >= 4 is 28.9 Å². The normalized spacial score (nSPS) is 32.9. The van der Waals surface area contributed by atoms with Crippen LogP contribution < -0.4 is 15.4 Å². The minimum atomic E-state index is -0.718. The zero-order valence-electron chi connectivity index (χ0n) is 18.6. The van der Waals surface area contributed by atoms with Crippen molar-refractivity contribution in [1.29, 1.82) is 0 Å². The topological polar surface area (TPSA) is 78.7 Å². The summed E-state index contributed by atoms with van der Waals surface area (Å²) in [5, 5.41) is 14.9. The highest BCUT2D eigenvalue weighted by molar-refractivity contribution is 6.33. The summed E-state index contributed by atoms with van der Waals surface area (Å²) in [5.41, 5.74) is 0.370. The second-order valence-corrected chi connectivity index (χ2v) is 11.0. The molecule has 5 aliphatic rings. The van der Waals surface area contributed by atoms with Crippen LogP contribution in [0.15, 0.2) is 41.3 Å². The quantitative estimate of drug-likeness (QED) is 0.738. The molecule has 1 aromatic heterocycles. The van der Waals surface area contributed by atoms with Crippen molar-refractivity contribution in [2.75, 3.05) is 36.0 Å². The van der Waals surface area contributed by atoms with Gasteiger partial charge in [-0.1, -0.05) is 29.8 Å². The number of para-hydroxylation sites is 1. The minimum Gasteiger partial charge on any atom is -0.481 e. The first-order valence-corrected chi connectivity index (χ1v) is 12.3. The molecule has 1 aromatic carbocycles. The van der Waals surface area contributed by atoms with Crippen molar-refractivity contribution in [2.24, 2.45) is 17.3 Å². The van der Waals surface area contributed by atoms with Crippen molar-refractivity contribution in [3.63, 3.8) is 0 Å². The summed E-state index contributed by atoms with van der Waals surface area (Å²) >= 11 is 6.68. The molecule has 1 aliphatic heterocycles. The van der Waals surface area contributed by atoms with Crippen LogP contribution in [-0.4, -0.2) is 47.0 Å². The molecule has 1 N–H and O–H groups in total. The predicted molar refractivity (Wildman–Crippen MR) is 127 cm³/mol. The highest BCUT2D eigenvalue weighted by Gasteiger charge is 2.62. The maximum atomic E-state index is 13.5. The van der Waals surface area contributed by atoms with Crippen LogP contribution in [0.4, 0.5) is 11.4 Å². The van der Waals surface area contributed by atoms with Crippen LogP contribution in [0.5, 0.6) is 0 Å². The Hall–Kier alpha value is -2.54. The van der Waals surface area contributed by atoms with Crippen molar-refractivity contribution < 1.29 is 9.90 Å². The molecule has 4 aliphatic carbocycles. The molecule has 8 heteroatoms. The number of carboxylic acid groups (broad SMARTS) is 1. The van der Waals surface area contributed by atoms with Gasteiger partial charge in [0.15, 0.2) is 0 Å². The number of carbonyl (C=O) groups is 1. The third-order valence-electron chi connectivity index (χ3n) is 8.58. The smallest absolute Gasteiger partial charge is 0.309 e. The second-order valence-electron chi connectivity index (χ2n) is 10.6. The van der Waals surface area contributed by atoms with E-state index in [1.54, 1.807) is 10.9 Å². The Balaban J connectivity index is 1.27. The molecule has 2 heterocycles. The Kier molecular flexibility index (Phi) is 4.77. The van der Waals surface area contributed by atoms with Gasteiger partial charge in [-0.3, -0.25) is 9.59 Å². The first kappa shape index (κ1) is 21.0. The fourth-order valence-corrected chi connectivity index (χ4v) is 7.79. The minimum absolute atomic E-state index is 0.207. The van der Waals surface area contributed by atoms with Crippen molar-refractivity contribution in [3.8, 4) is 0 Å². The summed E-state index contributed by atoms with van der Waals surface area (Å²) < 4.78 is 1.56. The Morgan fingerprint density at radius 2 is 1.64 bits per heavy atom. The van der Waals surface area contributed by atoms with Gasteiger partial charge < -0.3 is 14.9 Å². The number of halogens is 1. The van der Waals surface area contributed by atoms with Crippen molar-refractivity contribution in [2.45, 2.75) is 44.1 Å². The molecule has 174 valence electrons. The number of carboxylic acids is 1. The number of anilines is 2. The van der Waals surface area contributed by atoms with Gasteiger partial charge in [0.25, 0.3) is 5.56 Å². The Morgan fingerprint density at radius 1 is 1.00 bits per heavy atom. The Labute approximate surface area is 197 Å². The summed E-state index contributed by atoms with van der Waals surface area (Å²) in [6.07, 6.45) is 6.41. The van der Waals surface area contributed by atoms with E-state index >= 15 is 0 Å². The number of rotatable bonds is 4. The first-order chi connectivity index (χ1) is 15.9. The monoisotopic (exact) mass is 468 g/mol. The van der Waals surface area contributed by atoms with E-state index < -0.39 is 16.9 Å². The Morgan fingerprint density at radius 3 is 2.27 bits per heavy atom. The highest BCUT2D eigenvalue weighted by Crippen LogP contribution is 2.63. The summed E-state index contributed by atoms with van der Waals surface area (Å²) in [6.45, 7) is 3.21. The van der Waals surface area contributed by atoms with E-state index in [4.69, 9.17) is 11.6 Å². The lowest BCUT2D eigenvalue weighted by atomic mass is 9.47. The molecule has 5 fully saturated rings. The summed E-state index contributed by atoms with van der Waals surface area (Å²) in [6, 6.07) is 10.3. The summed E-state index contributed by atoms with van der Waals surface area (Å²) in [7, 11) is 0. The van der Waals surface area contributed by atoms with Crippen LogP contribution in [0.1, 0.15) is 38.5 Å². The molecule has 2 atom stereocenters. The average Bonchev–Trinajstić information content (AvgIpc) is 2.80. The Bertz CT molecular complexity index is 1130. The molecule has 0 spiro atoms. The van der Waals surface area contributed by atoms with Crippen LogP contribution in [0.2, 0.25) is 5.02 Å². The van der Waals surface area contributed by atoms with Gasteiger partial charge in [0, 0.05) is 31.9 Å². The van der Waals surface area contributed by atoms with Gasteiger partial charge in [-0.25, -0.2) is 4.68 Å². The van der Waals surface area contributed by atoms with E-state index in [-0.39, 0.29) is 10.6 Å². The van der Waals surface area contributed by atoms with Crippen molar-refractivity contribution in [1.82, 2.24) is 9.78 Å². The van der Waals surface area contributed by atoms with E-state index in [9.17, 15) is 14.7 Å². The molecular weight excluding hydrogens is 440 g/mol. The van der Waals surface area contributed by atoms with Gasteiger partial charge >= 0.3 is 5.97 Å². The van der Waals surface area contributed by atoms with E-state index in [1.807, 2.05) is 18.2 Å². The molecule has 0 radical (unpaired) electrons. The molecule has 4 bridgehead atoms. The number of aliphatic carboxylic acids is 1. The maximum absolute atomic E-state index is 13.5. The molecule has 7 rings (SSSR count). The third kappa shape index (κ3) is 3.27. The molecule has 33 heavy (non-hydrogen) atoms. The summed E-state index contributed by atoms with van der Waals surface area (Å²) in [5.74, 6) is -0.0193. The maximum Gasteiger partial charge on any atom is 0.309 e. The van der Waals surface area contributed by atoms with Gasteiger partial charge in [-0.2, -0.15) is 5.10 Å². The van der Waals surface area contributed by atoms with Crippen LogP contribution in [0.3, 0.4) is 0 Å². The van der Waals surface area contributed by atoms with Gasteiger partial charge in [-0.15, -0.1) is 0 Å². The molecular formula is C25H29ClN4O3. The zero-order chi connectivity index (χ0) is 22.8. The van der Waals surface area contributed by atoms with E-state index in [2.05, 4.69) is 27.0 Å². The molecule has 0 unspecified atom stereocenters. The van der Waals surface area contributed by atoms with E-state index in [1.165, 1.54) is 5.69 Å². The largest absolute Gasteiger partial charge is 0.481 e. The average molecular weight is 469 g/mol. The summed E-state index contributed by atoms with van der Waals surface area (Å²) in [4.78, 5) is 30.2. The molecule has 7 nitrogen and oxygen atoms in total. The molecule has 4 saturated carbocycles. The van der Waals surface area contributed by atoms with Crippen LogP contribution in [0.25, 0.3) is 0 Å². The van der Waals surface area contributed by atoms with Gasteiger partial charge in [0.1, 0.15) is 5.02 Å². The lowest BCUT2D eigenvalue weighted by molar-refractivity contribution is -0.173.